The van der Waals surface area contributed by atoms with Crippen molar-refractivity contribution in [1.29, 1.82) is 0 Å². The van der Waals surface area contributed by atoms with E-state index in [4.69, 9.17) is 4.74 Å². The molecule has 2 aromatic rings. The van der Waals surface area contributed by atoms with Gasteiger partial charge in [0.2, 0.25) is 5.91 Å². The highest BCUT2D eigenvalue weighted by atomic mass is 16.6. The maximum Gasteiger partial charge on any atom is 0.271 e. The molecule has 28 heavy (non-hydrogen) atoms. The number of imide groups is 1. The molecule has 0 unspecified atom stereocenters. The lowest BCUT2D eigenvalue weighted by molar-refractivity contribution is -0.384. The van der Waals surface area contributed by atoms with E-state index in [0.717, 1.165) is 4.90 Å². The predicted octanol–water partition coefficient (Wildman–Crippen LogP) is 2.62. The van der Waals surface area contributed by atoms with Crippen LogP contribution in [0.15, 0.2) is 42.5 Å². The van der Waals surface area contributed by atoms with Crippen LogP contribution in [-0.4, -0.2) is 41.2 Å². The molecule has 9 heteroatoms. The number of hydrogen-bond acceptors (Lipinski definition) is 6. The first-order valence-corrected chi connectivity index (χ1v) is 8.50. The average molecular weight is 383 g/mol. The molecule has 2 aromatic carbocycles. The van der Waals surface area contributed by atoms with Gasteiger partial charge in [0.15, 0.2) is 0 Å². The summed E-state index contributed by atoms with van der Waals surface area (Å²) in [4.78, 5) is 48.2. The van der Waals surface area contributed by atoms with Gasteiger partial charge < -0.3 is 10.1 Å². The summed E-state index contributed by atoms with van der Waals surface area (Å²) in [5, 5.41) is 13.5. The second kappa shape index (κ2) is 7.87. The smallest absolute Gasteiger partial charge is 0.271 e. The van der Waals surface area contributed by atoms with Crippen molar-refractivity contribution in [3.8, 4) is 5.75 Å². The van der Waals surface area contributed by atoms with Gasteiger partial charge in [-0.15, -0.1) is 0 Å². The number of amides is 3. The molecule has 3 rings (SSSR count). The molecule has 3 amide bonds. The minimum atomic E-state index is -0.572. The summed E-state index contributed by atoms with van der Waals surface area (Å²) in [6.07, 6.45) is 0.286. The Bertz CT molecular complexity index is 937. The van der Waals surface area contributed by atoms with Crippen LogP contribution in [0.3, 0.4) is 0 Å². The lowest BCUT2D eigenvalue weighted by atomic mass is 10.1. The maximum atomic E-state index is 12.3. The molecule has 0 radical (unpaired) electrons. The van der Waals surface area contributed by atoms with Crippen molar-refractivity contribution in [3.63, 3.8) is 0 Å². The Morgan fingerprint density at radius 1 is 1.14 bits per heavy atom. The van der Waals surface area contributed by atoms with E-state index in [2.05, 4.69) is 5.32 Å². The first-order chi connectivity index (χ1) is 13.4. The number of carbonyl (C=O) groups excluding carboxylic acids is 3. The molecule has 0 saturated carbocycles. The number of fused-ring (bicyclic) bond motifs is 1. The molecule has 1 heterocycles. The van der Waals surface area contributed by atoms with Gasteiger partial charge in [-0.2, -0.15) is 0 Å². The lowest BCUT2D eigenvalue weighted by Gasteiger charge is -2.14. The highest BCUT2D eigenvalue weighted by Crippen LogP contribution is 2.29. The van der Waals surface area contributed by atoms with Crippen molar-refractivity contribution in [3.05, 3.63) is 63.7 Å². The van der Waals surface area contributed by atoms with Gasteiger partial charge in [0.25, 0.3) is 17.5 Å². The fourth-order valence-corrected chi connectivity index (χ4v) is 2.96. The highest BCUT2D eigenvalue weighted by Gasteiger charge is 2.34. The molecular formula is C19H17N3O6. The van der Waals surface area contributed by atoms with Crippen LogP contribution in [0.25, 0.3) is 0 Å². The second-order valence-electron chi connectivity index (χ2n) is 6.10. The Morgan fingerprint density at radius 3 is 2.36 bits per heavy atom. The molecular weight excluding hydrogens is 366 g/mol. The number of nitrogens with one attached hydrogen (secondary N) is 1. The topological polar surface area (TPSA) is 119 Å². The lowest BCUT2D eigenvalue weighted by Crippen LogP contribution is -2.31. The van der Waals surface area contributed by atoms with Crippen LogP contribution >= 0.6 is 0 Å². The number of nitro groups is 1. The molecule has 0 atom stereocenters. The summed E-state index contributed by atoms with van der Waals surface area (Å²) < 4.78 is 5.10. The van der Waals surface area contributed by atoms with Crippen LogP contribution in [0.4, 0.5) is 11.4 Å². The van der Waals surface area contributed by atoms with Crippen LogP contribution in [0, 0.1) is 10.1 Å². The van der Waals surface area contributed by atoms with Crippen molar-refractivity contribution >= 4 is 29.1 Å². The summed E-state index contributed by atoms with van der Waals surface area (Å²) in [6, 6.07) is 10.4. The molecule has 9 nitrogen and oxygen atoms in total. The van der Waals surface area contributed by atoms with Crippen LogP contribution in [0.2, 0.25) is 0 Å². The van der Waals surface area contributed by atoms with Crippen LogP contribution in [0.1, 0.15) is 33.6 Å². The van der Waals surface area contributed by atoms with E-state index in [9.17, 15) is 24.5 Å². The van der Waals surface area contributed by atoms with Gasteiger partial charge in [-0.3, -0.25) is 29.4 Å². The van der Waals surface area contributed by atoms with Gasteiger partial charge in [0.1, 0.15) is 5.75 Å². The fraction of sp³-hybridized carbons (Fsp3) is 0.211. The maximum absolute atomic E-state index is 12.3. The molecule has 144 valence electrons. The minimum Gasteiger partial charge on any atom is -0.495 e. The molecule has 0 aromatic heterocycles. The highest BCUT2D eigenvalue weighted by molar-refractivity contribution is 6.21. The number of benzene rings is 2. The number of hydrogen-bond donors (Lipinski definition) is 1. The second-order valence-corrected chi connectivity index (χ2v) is 6.10. The third kappa shape index (κ3) is 3.68. The van der Waals surface area contributed by atoms with Crippen molar-refractivity contribution < 1.29 is 24.0 Å². The van der Waals surface area contributed by atoms with E-state index < -0.39 is 10.8 Å². The number of anilines is 1. The van der Waals surface area contributed by atoms with E-state index in [0.29, 0.717) is 16.9 Å². The Morgan fingerprint density at radius 2 is 1.79 bits per heavy atom. The number of ether oxygens (including phenoxy) is 1. The zero-order chi connectivity index (χ0) is 20.3. The molecule has 0 bridgehead atoms. The summed E-state index contributed by atoms with van der Waals surface area (Å²) in [5.41, 5.74) is 0.723. The van der Waals surface area contributed by atoms with Gasteiger partial charge in [-0.1, -0.05) is 12.1 Å². The molecule has 0 aliphatic carbocycles. The standard InChI is InChI=1S/C19H17N3O6/c1-28-16-9-8-12(22(26)27)11-15(16)20-17(23)7-4-10-21-18(24)13-5-2-3-6-14(13)19(21)25/h2-3,5-6,8-9,11H,4,7,10H2,1H3,(H,20,23). The zero-order valence-corrected chi connectivity index (χ0v) is 15.0. The minimum absolute atomic E-state index is 0.0270. The van der Waals surface area contributed by atoms with Gasteiger partial charge in [-0.05, 0) is 24.6 Å². The monoisotopic (exact) mass is 383 g/mol. The molecule has 0 spiro atoms. The molecule has 0 fully saturated rings. The number of rotatable bonds is 7. The van der Waals surface area contributed by atoms with Gasteiger partial charge in [0, 0.05) is 25.1 Å². The number of methoxy groups -OCH3 is 1. The van der Waals surface area contributed by atoms with Crippen molar-refractivity contribution in [2.75, 3.05) is 19.0 Å². The van der Waals surface area contributed by atoms with Crippen LogP contribution in [0.5, 0.6) is 5.75 Å². The Hall–Kier alpha value is -3.75. The van der Waals surface area contributed by atoms with Gasteiger partial charge in [-0.25, -0.2) is 0 Å². The van der Waals surface area contributed by atoms with Gasteiger partial charge >= 0.3 is 0 Å². The van der Waals surface area contributed by atoms with E-state index in [1.54, 1.807) is 24.3 Å². The van der Waals surface area contributed by atoms with Crippen molar-refractivity contribution in [2.24, 2.45) is 0 Å². The van der Waals surface area contributed by atoms with Crippen LogP contribution < -0.4 is 10.1 Å². The molecule has 1 aliphatic rings. The van der Waals surface area contributed by atoms with E-state index in [1.165, 1.54) is 25.3 Å². The summed E-state index contributed by atoms with van der Waals surface area (Å²) in [6.45, 7) is 0.103. The first-order valence-electron chi connectivity index (χ1n) is 8.50. The Kier molecular flexibility index (Phi) is 5.35. The molecule has 0 saturated heterocycles. The molecule has 1 aliphatic heterocycles. The van der Waals surface area contributed by atoms with E-state index >= 15 is 0 Å². The van der Waals surface area contributed by atoms with Gasteiger partial charge in [0.05, 0.1) is 28.8 Å². The third-order valence-electron chi connectivity index (χ3n) is 4.33. The number of non-ortho nitro benzene ring substituents is 1. The van der Waals surface area contributed by atoms with Crippen molar-refractivity contribution in [2.45, 2.75) is 12.8 Å². The Labute approximate surface area is 160 Å². The molecule has 1 N–H and O–H groups in total. The SMILES string of the molecule is COc1ccc([N+](=O)[O-])cc1NC(=O)CCCN1C(=O)c2ccccc2C1=O. The third-order valence-corrected chi connectivity index (χ3v) is 4.33. The average Bonchev–Trinajstić information content (AvgIpc) is 2.93. The number of nitro benzene ring substituents is 1. The van der Waals surface area contributed by atoms with E-state index in [1.807, 2.05) is 0 Å². The fourth-order valence-electron chi connectivity index (χ4n) is 2.96. The largest absolute Gasteiger partial charge is 0.495 e. The number of nitrogens with zero attached hydrogens (tertiary/aromatic N) is 2. The normalized spacial score (nSPS) is 12.7. The summed E-state index contributed by atoms with van der Waals surface area (Å²) in [5.74, 6) is -0.863. The van der Waals surface area contributed by atoms with E-state index in [-0.39, 0.29) is 42.6 Å². The Balaban J connectivity index is 1.59. The van der Waals surface area contributed by atoms with Crippen molar-refractivity contribution in [1.82, 2.24) is 4.90 Å². The quantitative estimate of drug-likeness (QED) is 0.446. The summed E-state index contributed by atoms with van der Waals surface area (Å²) >= 11 is 0. The zero-order valence-electron chi connectivity index (χ0n) is 15.0. The number of carbonyl (C=O) groups is 3. The van der Waals surface area contributed by atoms with Crippen LogP contribution in [-0.2, 0) is 4.79 Å². The summed E-state index contributed by atoms with van der Waals surface area (Å²) in [7, 11) is 1.39. The predicted molar refractivity (Wildman–Crippen MR) is 99.3 cm³/mol. The first kappa shape index (κ1) is 19.0.